The summed E-state index contributed by atoms with van der Waals surface area (Å²) in [5.74, 6) is -4.74. The molecule has 0 saturated heterocycles. The number of phenolic OH excluding ortho intramolecular Hbond substituents is 1. The van der Waals surface area contributed by atoms with Crippen LogP contribution >= 0.6 is 0 Å². The molecule has 15 heteroatoms. The molecule has 0 fully saturated rings. The van der Waals surface area contributed by atoms with Gasteiger partial charge in [-0.2, -0.15) is 0 Å². The van der Waals surface area contributed by atoms with Gasteiger partial charge in [0.2, 0.25) is 23.6 Å². The number of guanidine groups is 1. The Morgan fingerprint density at radius 3 is 2.14 bits per heavy atom. The minimum absolute atomic E-state index is 0.0580. The fourth-order valence-electron chi connectivity index (χ4n) is 2.97. The summed E-state index contributed by atoms with van der Waals surface area (Å²) in [4.78, 5) is 63.2. The molecular weight excluding hydrogens is 476 g/mol. The number of aliphatic carboxylic acids is 1. The first-order valence-corrected chi connectivity index (χ1v) is 10.9. The fourth-order valence-corrected chi connectivity index (χ4v) is 2.97. The van der Waals surface area contributed by atoms with Gasteiger partial charge in [0.15, 0.2) is 5.96 Å². The minimum atomic E-state index is -1.56. The molecule has 3 unspecified atom stereocenters. The Morgan fingerprint density at radius 2 is 1.58 bits per heavy atom. The van der Waals surface area contributed by atoms with Crippen LogP contribution in [-0.4, -0.2) is 77.0 Å². The third-order valence-corrected chi connectivity index (χ3v) is 4.77. The Bertz CT molecular complexity index is 964. The Hall–Kier alpha value is -4.40. The normalized spacial score (nSPS) is 12.9. The quantitative estimate of drug-likeness (QED) is 0.0636. The second-order valence-corrected chi connectivity index (χ2v) is 7.83. The number of nitrogens with one attached hydrogen (secondary N) is 3. The van der Waals surface area contributed by atoms with Crippen molar-refractivity contribution in [2.24, 2.45) is 27.9 Å². The summed E-state index contributed by atoms with van der Waals surface area (Å²) in [6, 6.07) is 2.42. The maximum atomic E-state index is 12.7. The summed E-state index contributed by atoms with van der Waals surface area (Å²) in [7, 11) is 0. The van der Waals surface area contributed by atoms with E-state index in [1.165, 1.54) is 12.1 Å². The van der Waals surface area contributed by atoms with E-state index >= 15 is 0 Å². The number of carboxylic acids is 1. The second kappa shape index (κ2) is 14.8. The number of carbonyl (C=O) groups is 5. The summed E-state index contributed by atoms with van der Waals surface area (Å²) < 4.78 is 0. The second-order valence-electron chi connectivity index (χ2n) is 7.83. The van der Waals surface area contributed by atoms with Crippen LogP contribution in [0.15, 0.2) is 29.3 Å². The molecule has 0 radical (unpaired) electrons. The number of benzene rings is 1. The zero-order valence-electron chi connectivity index (χ0n) is 19.5. The van der Waals surface area contributed by atoms with Gasteiger partial charge >= 0.3 is 5.97 Å². The standard InChI is InChI=1S/C21H32N8O7/c22-13(8-11-3-5-12(30)6-4-11)18(33)29-14(2-1-7-26-21(24)25)19(34)27-10-17(32)28-15(20(35)36)9-16(23)31/h3-6,13-15,30H,1-2,7-10,22H2,(H2,23,31)(H,27,34)(H,28,32)(H,29,33)(H,35,36)(H4,24,25,26). The number of hydrogen-bond acceptors (Lipinski definition) is 8. The van der Waals surface area contributed by atoms with Gasteiger partial charge in [0.1, 0.15) is 17.8 Å². The van der Waals surface area contributed by atoms with Gasteiger partial charge in [-0.1, -0.05) is 12.1 Å². The number of phenols is 1. The Labute approximate surface area is 206 Å². The average Bonchev–Trinajstić information content (AvgIpc) is 2.79. The molecule has 198 valence electrons. The Kier molecular flexibility index (Phi) is 12.2. The molecule has 1 aromatic rings. The highest BCUT2D eigenvalue weighted by molar-refractivity contribution is 5.93. The summed E-state index contributed by atoms with van der Waals surface area (Å²) in [5, 5.41) is 25.3. The molecule has 0 spiro atoms. The van der Waals surface area contributed by atoms with E-state index in [1.807, 2.05) is 0 Å². The van der Waals surface area contributed by atoms with Crippen LogP contribution in [0.3, 0.4) is 0 Å². The van der Waals surface area contributed by atoms with Gasteiger partial charge in [0, 0.05) is 6.54 Å². The van der Waals surface area contributed by atoms with Crippen molar-refractivity contribution in [2.75, 3.05) is 13.1 Å². The van der Waals surface area contributed by atoms with Crippen LogP contribution in [0.5, 0.6) is 5.75 Å². The number of nitrogens with zero attached hydrogens (tertiary/aromatic N) is 1. The predicted molar refractivity (Wildman–Crippen MR) is 128 cm³/mol. The monoisotopic (exact) mass is 508 g/mol. The van der Waals surface area contributed by atoms with Crippen molar-refractivity contribution in [3.63, 3.8) is 0 Å². The zero-order valence-corrected chi connectivity index (χ0v) is 19.5. The summed E-state index contributed by atoms with van der Waals surface area (Å²) in [6.07, 6.45) is -0.0958. The predicted octanol–water partition coefficient (Wildman–Crippen LogP) is -3.64. The molecule has 0 aliphatic heterocycles. The number of nitrogens with two attached hydrogens (primary N) is 4. The highest BCUT2D eigenvalue weighted by Gasteiger charge is 2.26. The Morgan fingerprint density at radius 1 is 0.944 bits per heavy atom. The van der Waals surface area contributed by atoms with E-state index in [-0.39, 0.29) is 31.1 Å². The number of hydrogen-bond donors (Lipinski definition) is 9. The van der Waals surface area contributed by atoms with Gasteiger partial charge in [-0.3, -0.25) is 24.2 Å². The zero-order chi connectivity index (χ0) is 27.3. The molecule has 3 atom stereocenters. The van der Waals surface area contributed by atoms with Gasteiger partial charge in [-0.15, -0.1) is 0 Å². The van der Waals surface area contributed by atoms with Crippen LogP contribution in [0, 0.1) is 0 Å². The third kappa shape index (κ3) is 11.6. The number of aromatic hydroxyl groups is 1. The number of rotatable bonds is 15. The topological polar surface area (TPSA) is 278 Å². The van der Waals surface area contributed by atoms with Gasteiger partial charge in [0.05, 0.1) is 19.0 Å². The van der Waals surface area contributed by atoms with Crippen molar-refractivity contribution in [1.29, 1.82) is 0 Å². The smallest absolute Gasteiger partial charge is 0.326 e. The van der Waals surface area contributed by atoms with E-state index in [9.17, 15) is 29.1 Å². The molecule has 0 aliphatic carbocycles. The summed E-state index contributed by atoms with van der Waals surface area (Å²) in [6.45, 7) is -0.448. The lowest BCUT2D eigenvalue weighted by Gasteiger charge is -2.21. The average molecular weight is 509 g/mol. The van der Waals surface area contributed by atoms with Crippen molar-refractivity contribution in [3.8, 4) is 5.75 Å². The SMILES string of the molecule is NC(=O)CC(NC(=O)CNC(=O)C(CCCN=C(N)N)NC(=O)C(N)Cc1ccc(O)cc1)C(=O)O. The van der Waals surface area contributed by atoms with Crippen LogP contribution in [0.2, 0.25) is 0 Å². The van der Waals surface area contributed by atoms with E-state index in [1.54, 1.807) is 12.1 Å². The van der Waals surface area contributed by atoms with Crippen molar-refractivity contribution in [3.05, 3.63) is 29.8 Å². The highest BCUT2D eigenvalue weighted by Crippen LogP contribution is 2.11. The third-order valence-electron chi connectivity index (χ3n) is 4.77. The van der Waals surface area contributed by atoms with Crippen LogP contribution in [-0.2, 0) is 30.4 Å². The van der Waals surface area contributed by atoms with Gasteiger partial charge in [0.25, 0.3) is 0 Å². The van der Waals surface area contributed by atoms with Crippen molar-refractivity contribution in [1.82, 2.24) is 16.0 Å². The molecule has 13 N–H and O–H groups in total. The molecule has 15 nitrogen and oxygen atoms in total. The van der Waals surface area contributed by atoms with Crippen LogP contribution < -0.4 is 38.9 Å². The first kappa shape index (κ1) is 29.6. The van der Waals surface area contributed by atoms with Gasteiger partial charge in [-0.05, 0) is 37.0 Å². The molecule has 0 aromatic heterocycles. The highest BCUT2D eigenvalue weighted by atomic mass is 16.4. The van der Waals surface area contributed by atoms with E-state index in [4.69, 9.17) is 28.0 Å². The largest absolute Gasteiger partial charge is 0.508 e. The van der Waals surface area contributed by atoms with E-state index in [2.05, 4.69) is 20.9 Å². The molecular formula is C21H32N8O7. The lowest BCUT2D eigenvalue weighted by Crippen LogP contribution is -2.54. The van der Waals surface area contributed by atoms with Crippen LogP contribution in [0.1, 0.15) is 24.8 Å². The van der Waals surface area contributed by atoms with Gasteiger partial charge in [-0.25, -0.2) is 4.79 Å². The first-order chi connectivity index (χ1) is 16.9. The molecule has 1 aromatic carbocycles. The van der Waals surface area contributed by atoms with E-state index in [0.29, 0.717) is 12.0 Å². The van der Waals surface area contributed by atoms with Crippen molar-refractivity contribution >= 4 is 35.6 Å². The number of carbonyl (C=O) groups excluding carboxylic acids is 4. The van der Waals surface area contributed by atoms with Crippen LogP contribution in [0.4, 0.5) is 0 Å². The first-order valence-electron chi connectivity index (χ1n) is 10.9. The molecule has 4 amide bonds. The minimum Gasteiger partial charge on any atom is -0.508 e. The lowest BCUT2D eigenvalue weighted by molar-refractivity contribution is -0.143. The van der Waals surface area contributed by atoms with Gasteiger partial charge < -0.3 is 49.1 Å². The molecule has 1 rings (SSSR count). The van der Waals surface area contributed by atoms with E-state index in [0.717, 1.165) is 0 Å². The molecule has 0 bridgehead atoms. The molecule has 0 aliphatic rings. The number of amides is 4. The fraction of sp³-hybridized carbons (Fsp3) is 0.429. The van der Waals surface area contributed by atoms with Crippen LogP contribution in [0.25, 0.3) is 0 Å². The summed E-state index contributed by atoms with van der Waals surface area (Å²) in [5.41, 5.74) is 22.2. The molecule has 0 heterocycles. The van der Waals surface area contributed by atoms with Crippen molar-refractivity contribution in [2.45, 2.75) is 43.8 Å². The number of aliphatic imine (C=N–C) groups is 1. The Balaban J connectivity index is 2.76. The summed E-state index contributed by atoms with van der Waals surface area (Å²) >= 11 is 0. The number of carboxylic acid groups (broad SMARTS) is 1. The maximum absolute atomic E-state index is 12.7. The molecule has 36 heavy (non-hydrogen) atoms. The van der Waals surface area contributed by atoms with E-state index < -0.39 is 60.7 Å². The number of primary amides is 1. The van der Waals surface area contributed by atoms with Crippen molar-refractivity contribution < 1.29 is 34.2 Å². The molecule has 0 saturated carbocycles. The maximum Gasteiger partial charge on any atom is 0.326 e. The lowest BCUT2D eigenvalue weighted by atomic mass is 10.0.